The van der Waals surface area contributed by atoms with Crippen molar-refractivity contribution in [3.05, 3.63) is 63.2 Å². The Balaban J connectivity index is 1.46. The molecule has 0 spiro atoms. The van der Waals surface area contributed by atoms with E-state index in [0.717, 1.165) is 0 Å². The first-order valence-electron chi connectivity index (χ1n) is 15.6. The number of halogens is 3. The van der Waals surface area contributed by atoms with Crippen molar-refractivity contribution in [3.63, 3.8) is 0 Å². The van der Waals surface area contributed by atoms with Crippen LogP contribution in [0.5, 0.6) is 0 Å². The summed E-state index contributed by atoms with van der Waals surface area (Å²) in [6, 6.07) is 9.79. The van der Waals surface area contributed by atoms with Crippen molar-refractivity contribution in [2.24, 2.45) is 5.92 Å². The van der Waals surface area contributed by atoms with Gasteiger partial charge >= 0.3 is 0 Å². The number of benzene rings is 1. The smallest absolute Gasteiger partial charge is 0.276 e. The van der Waals surface area contributed by atoms with Gasteiger partial charge in [0.25, 0.3) is 11.5 Å². The van der Waals surface area contributed by atoms with E-state index in [-0.39, 0.29) is 55.7 Å². The molecule has 1 saturated carbocycles. The summed E-state index contributed by atoms with van der Waals surface area (Å²) in [5.41, 5.74) is -2.09. The average molecular weight is 622 g/mol. The molecule has 45 heavy (non-hydrogen) atoms. The number of pyridine rings is 1. The fourth-order valence-electron chi connectivity index (χ4n) is 6.72. The van der Waals surface area contributed by atoms with E-state index >= 15 is 13.2 Å². The number of alkyl halides is 3. The molecule has 2 N–H and O–H groups in total. The molecule has 12 heteroatoms. The second-order valence-corrected chi connectivity index (χ2v) is 13.2. The van der Waals surface area contributed by atoms with Crippen molar-refractivity contribution in [2.75, 3.05) is 31.5 Å². The standard InChI is InChI=1S/C33H38F3N7O2/c1-20-22-5-4-6-24(15-22)33(35,36)23-7-13-42(14-8-23)19-31(3,34)11-12-38-27(44)17-43-29-25(28(39-20)40-21(2)41-29)16-26(30(43)45)32(18-37)9-10-32/h4-6,15-16,20,23H,7-14,17,19H2,1-3H3,(H,38,44)(H,39,40,41)/t20-,31?/m1/s1. The van der Waals surface area contributed by atoms with Gasteiger partial charge in [0.05, 0.1) is 16.9 Å². The number of rotatable bonds is 1. The van der Waals surface area contributed by atoms with Crippen molar-refractivity contribution in [1.29, 1.82) is 5.26 Å². The van der Waals surface area contributed by atoms with Crippen molar-refractivity contribution >= 4 is 22.8 Å². The minimum atomic E-state index is -3.07. The molecule has 5 heterocycles. The first kappa shape index (κ1) is 31.0. The molecule has 9 nitrogen and oxygen atoms in total. The molecule has 2 atom stereocenters. The van der Waals surface area contributed by atoms with E-state index in [4.69, 9.17) is 0 Å². The number of amides is 1. The van der Waals surface area contributed by atoms with Crippen LogP contribution in [-0.2, 0) is 22.7 Å². The molecule has 1 saturated heterocycles. The summed E-state index contributed by atoms with van der Waals surface area (Å²) in [5.74, 6) is -3.73. The van der Waals surface area contributed by atoms with Crippen molar-refractivity contribution < 1.29 is 18.0 Å². The molecule has 8 bridgehead atoms. The lowest BCUT2D eigenvalue weighted by atomic mass is 9.85. The van der Waals surface area contributed by atoms with Gasteiger partial charge in [-0.15, -0.1) is 0 Å². The zero-order valence-corrected chi connectivity index (χ0v) is 25.8. The largest absolute Gasteiger partial charge is 0.363 e. The van der Waals surface area contributed by atoms with Gasteiger partial charge in [-0.3, -0.25) is 14.2 Å². The number of hydrogen-bond donors (Lipinski definition) is 2. The summed E-state index contributed by atoms with van der Waals surface area (Å²) < 4.78 is 48.6. The highest BCUT2D eigenvalue weighted by atomic mass is 19.3. The first-order valence-corrected chi connectivity index (χ1v) is 15.6. The summed E-state index contributed by atoms with van der Waals surface area (Å²) in [6.07, 6.45) is 1.52. The molecule has 1 unspecified atom stereocenters. The second kappa shape index (κ2) is 11.4. The predicted molar refractivity (Wildman–Crippen MR) is 164 cm³/mol. The third-order valence-corrected chi connectivity index (χ3v) is 9.59. The van der Waals surface area contributed by atoms with Crippen molar-refractivity contribution in [2.45, 2.75) is 82.5 Å². The van der Waals surface area contributed by atoms with Crippen LogP contribution in [0, 0.1) is 24.2 Å². The van der Waals surface area contributed by atoms with Crippen LogP contribution >= 0.6 is 0 Å². The molecule has 2 fully saturated rings. The van der Waals surface area contributed by atoms with Gasteiger partial charge in [0.15, 0.2) is 0 Å². The van der Waals surface area contributed by atoms with Crippen LogP contribution in [0.1, 0.15) is 74.5 Å². The summed E-state index contributed by atoms with van der Waals surface area (Å²) in [5, 5.41) is 16.5. The molecular weight excluding hydrogens is 583 g/mol. The van der Waals surface area contributed by atoms with Crippen LogP contribution in [-0.4, -0.2) is 57.2 Å². The predicted octanol–water partition coefficient (Wildman–Crippen LogP) is 4.88. The van der Waals surface area contributed by atoms with Crippen LogP contribution in [0.25, 0.3) is 11.0 Å². The second-order valence-electron chi connectivity index (χ2n) is 13.2. The van der Waals surface area contributed by atoms with E-state index in [0.29, 0.717) is 48.5 Å². The molecule has 7 rings (SSSR count). The number of piperidine rings is 1. The van der Waals surface area contributed by atoms with E-state index in [1.54, 1.807) is 25.1 Å². The fraction of sp³-hybridized carbons (Fsp3) is 0.545. The Hall–Kier alpha value is -3.98. The average Bonchev–Trinajstić information content (AvgIpc) is 3.79. The Bertz CT molecular complexity index is 1740. The molecule has 1 aromatic carbocycles. The zero-order valence-electron chi connectivity index (χ0n) is 25.8. The highest BCUT2D eigenvalue weighted by Gasteiger charge is 2.48. The summed E-state index contributed by atoms with van der Waals surface area (Å²) in [7, 11) is 0. The van der Waals surface area contributed by atoms with Gasteiger partial charge in [0.1, 0.15) is 29.5 Å². The molecule has 238 valence electrons. The maximum Gasteiger partial charge on any atom is 0.276 e. The van der Waals surface area contributed by atoms with Crippen LogP contribution in [0.4, 0.5) is 19.0 Å². The first-order chi connectivity index (χ1) is 21.3. The fourth-order valence-corrected chi connectivity index (χ4v) is 6.72. The quantitative estimate of drug-likeness (QED) is 0.398. The van der Waals surface area contributed by atoms with Gasteiger partial charge in [-0.2, -0.15) is 5.26 Å². The molecule has 0 radical (unpaired) electrons. The number of anilines is 1. The number of nitriles is 1. The van der Waals surface area contributed by atoms with Crippen LogP contribution in [0.2, 0.25) is 0 Å². The molecule has 1 aliphatic carbocycles. The van der Waals surface area contributed by atoms with Gasteiger partial charge in [0, 0.05) is 36.2 Å². The van der Waals surface area contributed by atoms with Gasteiger partial charge in [-0.1, -0.05) is 18.2 Å². The molecule has 4 aliphatic rings. The number of aryl methyl sites for hydroxylation is 1. The van der Waals surface area contributed by atoms with Gasteiger partial charge in [-0.05, 0) is 83.7 Å². The lowest BCUT2D eigenvalue weighted by molar-refractivity contribution is -0.121. The van der Waals surface area contributed by atoms with Crippen LogP contribution < -0.4 is 16.2 Å². The Morgan fingerprint density at radius 1 is 1.07 bits per heavy atom. The molecule has 2 aromatic heterocycles. The monoisotopic (exact) mass is 621 g/mol. The van der Waals surface area contributed by atoms with Gasteiger partial charge in [0.2, 0.25) is 5.91 Å². The van der Waals surface area contributed by atoms with Gasteiger partial charge in [-0.25, -0.2) is 23.1 Å². The maximum absolute atomic E-state index is 15.9. The molecule has 3 aliphatic heterocycles. The highest BCUT2D eigenvalue weighted by Crippen LogP contribution is 2.47. The molecule has 3 aromatic rings. The lowest BCUT2D eigenvalue weighted by Crippen LogP contribution is -2.46. The number of carbonyl (C=O) groups excluding carboxylic acids is 1. The van der Waals surface area contributed by atoms with Crippen LogP contribution in [0.15, 0.2) is 35.1 Å². The Kier molecular flexibility index (Phi) is 7.88. The number of aromatic nitrogens is 3. The molecular formula is C33H38F3N7O2. The molecule has 1 amide bonds. The SMILES string of the molecule is Cc1nc2c3cc(C4(C#N)CC4)c(=O)n(c3n1)CC(=O)NCCC(C)(F)CN1CCC(CC1)C(F)(F)c1cccc(c1)[C@@H](C)N2. The van der Waals surface area contributed by atoms with E-state index < -0.39 is 40.4 Å². The number of hydrogen-bond acceptors (Lipinski definition) is 7. The number of fused-ring (bicyclic) bond motifs is 9. The van der Waals surface area contributed by atoms with Crippen molar-refractivity contribution in [3.8, 4) is 6.07 Å². The Morgan fingerprint density at radius 2 is 1.80 bits per heavy atom. The normalized spacial score (nSPS) is 28.0. The van der Waals surface area contributed by atoms with Gasteiger partial charge < -0.3 is 15.5 Å². The van der Waals surface area contributed by atoms with Crippen LogP contribution in [0.3, 0.4) is 0 Å². The number of nitrogens with one attached hydrogen (secondary N) is 2. The van der Waals surface area contributed by atoms with E-state index in [9.17, 15) is 14.9 Å². The topological polar surface area (TPSA) is 116 Å². The number of nitrogens with zero attached hydrogens (tertiary/aromatic N) is 5. The highest BCUT2D eigenvalue weighted by molar-refractivity contribution is 5.89. The van der Waals surface area contributed by atoms with E-state index in [1.807, 2.05) is 11.8 Å². The zero-order chi connectivity index (χ0) is 32.1. The summed E-state index contributed by atoms with van der Waals surface area (Å²) >= 11 is 0. The minimum absolute atomic E-state index is 0.0160. The summed E-state index contributed by atoms with van der Waals surface area (Å²) in [4.78, 5) is 38.0. The lowest BCUT2D eigenvalue weighted by Gasteiger charge is -2.38. The maximum atomic E-state index is 15.9. The minimum Gasteiger partial charge on any atom is -0.363 e. The van der Waals surface area contributed by atoms with Crippen molar-refractivity contribution in [1.82, 2.24) is 24.8 Å². The third-order valence-electron chi connectivity index (χ3n) is 9.59. The number of carbonyl (C=O) groups is 1. The van der Waals surface area contributed by atoms with E-state index in [1.165, 1.54) is 23.6 Å². The Labute approximate surface area is 259 Å². The summed E-state index contributed by atoms with van der Waals surface area (Å²) in [6.45, 7) is 5.39. The Morgan fingerprint density at radius 3 is 2.49 bits per heavy atom. The van der Waals surface area contributed by atoms with E-state index in [2.05, 4.69) is 26.7 Å². The third kappa shape index (κ3) is 6.02.